The molecule has 1 aromatic carbocycles. The number of aliphatic hydroxyl groups excluding tert-OH is 1. The summed E-state index contributed by atoms with van der Waals surface area (Å²) in [4.78, 5) is 21.9. The van der Waals surface area contributed by atoms with Gasteiger partial charge in [-0.1, -0.05) is 38.7 Å². The van der Waals surface area contributed by atoms with Crippen LogP contribution in [0.1, 0.15) is 49.2 Å². The van der Waals surface area contributed by atoms with Crippen molar-refractivity contribution in [2.45, 2.75) is 46.4 Å². The molecule has 0 bridgehead atoms. The highest BCUT2D eigenvalue weighted by Crippen LogP contribution is 2.33. The summed E-state index contributed by atoms with van der Waals surface area (Å²) in [7, 11) is 2.04. The Balaban J connectivity index is 1.58. The molecular formula is C28H35N3O5. The third kappa shape index (κ3) is 5.92. The SMILES string of the molecule is CC(C)C#Cc1cnc2c(c1)C(=O)N([C@@H](C)CO)C[C@H](C)[C@@H](CN(C)Cc1ccc3c(c1)OCO3)O2. The molecule has 0 saturated heterocycles. The van der Waals surface area contributed by atoms with E-state index in [2.05, 4.69) is 28.6 Å². The van der Waals surface area contributed by atoms with E-state index >= 15 is 0 Å². The molecule has 0 radical (unpaired) electrons. The van der Waals surface area contributed by atoms with Crippen molar-refractivity contribution in [2.24, 2.45) is 11.8 Å². The summed E-state index contributed by atoms with van der Waals surface area (Å²) in [5, 5.41) is 9.85. The Morgan fingerprint density at radius 2 is 2.00 bits per heavy atom. The van der Waals surface area contributed by atoms with E-state index < -0.39 is 0 Å². The summed E-state index contributed by atoms with van der Waals surface area (Å²) in [5.41, 5.74) is 2.15. The highest BCUT2D eigenvalue weighted by Gasteiger charge is 2.34. The highest BCUT2D eigenvalue weighted by molar-refractivity contribution is 5.97. The fourth-order valence-electron chi connectivity index (χ4n) is 4.34. The van der Waals surface area contributed by atoms with E-state index in [9.17, 15) is 9.90 Å². The van der Waals surface area contributed by atoms with E-state index in [1.165, 1.54) is 0 Å². The summed E-state index contributed by atoms with van der Waals surface area (Å²) in [6.07, 6.45) is 1.44. The number of pyridine rings is 1. The topological polar surface area (TPSA) is 84.4 Å². The van der Waals surface area contributed by atoms with Gasteiger partial charge in [-0.3, -0.25) is 9.69 Å². The van der Waals surface area contributed by atoms with Crippen LogP contribution >= 0.6 is 0 Å². The van der Waals surface area contributed by atoms with Crippen LogP contribution in [0.15, 0.2) is 30.5 Å². The van der Waals surface area contributed by atoms with Crippen LogP contribution in [-0.4, -0.2) is 71.5 Å². The molecule has 1 amide bonds. The number of carbonyl (C=O) groups is 1. The third-order valence-corrected chi connectivity index (χ3v) is 6.41. The molecular weight excluding hydrogens is 458 g/mol. The first-order chi connectivity index (χ1) is 17.2. The molecule has 2 aromatic rings. The van der Waals surface area contributed by atoms with Crippen molar-refractivity contribution in [2.75, 3.05) is 33.5 Å². The van der Waals surface area contributed by atoms with E-state index in [0.717, 1.165) is 17.1 Å². The molecule has 8 heteroatoms. The summed E-state index contributed by atoms with van der Waals surface area (Å²) in [6, 6.07) is 7.39. The number of ether oxygens (including phenoxy) is 3. The molecule has 0 fully saturated rings. The van der Waals surface area contributed by atoms with Gasteiger partial charge < -0.3 is 24.2 Å². The van der Waals surface area contributed by atoms with Crippen LogP contribution in [0, 0.1) is 23.7 Å². The number of benzene rings is 1. The molecule has 2 aliphatic rings. The van der Waals surface area contributed by atoms with Crippen LogP contribution in [0.5, 0.6) is 17.4 Å². The van der Waals surface area contributed by atoms with Crippen LogP contribution < -0.4 is 14.2 Å². The maximum atomic E-state index is 13.5. The van der Waals surface area contributed by atoms with Crippen molar-refractivity contribution in [3.63, 3.8) is 0 Å². The second-order valence-electron chi connectivity index (χ2n) is 10.0. The van der Waals surface area contributed by atoms with E-state index in [4.69, 9.17) is 14.2 Å². The molecule has 1 aromatic heterocycles. The minimum atomic E-state index is -0.330. The first-order valence-corrected chi connectivity index (χ1v) is 12.4. The predicted octanol–water partition coefficient (Wildman–Crippen LogP) is 3.17. The first-order valence-electron chi connectivity index (χ1n) is 12.4. The minimum Gasteiger partial charge on any atom is -0.472 e. The van der Waals surface area contributed by atoms with Gasteiger partial charge in [-0.15, -0.1) is 0 Å². The molecule has 2 aliphatic heterocycles. The predicted molar refractivity (Wildman–Crippen MR) is 136 cm³/mol. The van der Waals surface area contributed by atoms with E-state index in [-0.39, 0.29) is 43.3 Å². The lowest BCUT2D eigenvalue weighted by atomic mass is 9.99. The Kier molecular flexibility index (Phi) is 8.02. The fourth-order valence-corrected chi connectivity index (χ4v) is 4.34. The number of amides is 1. The Bertz CT molecular complexity index is 1160. The summed E-state index contributed by atoms with van der Waals surface area (Å²) in [5.74, 6) is 8.05. The van der Waals surface area contributed by atoms with Crippen molar-refractivity contribution in [1.29, 1.82) is 0 Å². The van der Waals surface area contributed by atoms with E-state index in [0.29, 0.717) is 36.6 Å². The van der Waals surface area contributed by atoms with Crippen molar-refractivity contribution < 1.29 is 24.1 Å². The number of aliphatic hydroxyl groups is 1. The molecule has 1 N–H and O–H groups in total. The standard InChI is InChI=1S/C28H35N3O5/c1-18(2)6-7-21-10-23-27(29-12-21)36-26(19(3)13-31(28(23)33)20(4)16-32)15-30(5)14-22-8-9-24-25(11-22)35-17-34-24/h8-12,18-20,26,32H,13-17H2,1-5H3/t19-,20-,26+/m0/s1. The number of carbonyl (C=O) groups excluding carboxylic acids is 1. The minimum absolute atomic E-state index is 0.0116. The van der Waals surface area contributed by atoms with Crippen molar-refractivity contribution in [3.05, 3.63) is 47.2 Å². The van der Waals surface area contributed by atoms with E-state index in [1.807, 2.05) is 46.0 Å². The van der Waals surface area contributed by atoms with Crippen LogP contribution in [0.25, 0.3) is 0 Å². The number of fused-ring (bicyclic) bond motifs is 2. The number of rotatable bonds is 6. The summed E-state index contributed by atoms with van der Waals surface area (Å²) in [6.45, 7) is 9.86. The highest BCUT2D eigenvalue weighted by atomic mass is 16.7. The zero-order chi connectivity index (χ0) is 25.8. The normalized spacial score (nSPS) is 19.8. The molecule has 4 rings (SSSR count). The van der Waals surface area contributed by atoms with Gasteiger partial charge in [-0.05, 0) is 37.7 Å². The molecule has 0 unspecified atom stereocenters. The van der Waals surface area contributed by atoms with Gasteiger partial charge in [0.25, 0.3) is 5.91 Å². The summed E-state index contributed by atoms with van der Waals surface area (Å²) >= 11 is 0. The second-order valence-corrected chi connectivity index (χ2v) is 10.0. The third-order valence-electron chi connectivity index (χ3n) is 6.41. The molecule has 3 atom stereocenters. The lowest BCUT2D eigenvalue weighted by Gasteiger charge is -2.37. The van der Waals surface area contributed by atoms with Crippen molar-refractivity contribution in [3.8, 4) is 29.2 Å². The monoisotopic (exact) mass is 493 g/mol. The smallest absolute Gasteiger partial charge is 0.259 e. The molecule has 3 heterocycles. The van der Waals surface area contributed by atoms with Gasteiger partial charge in [0.1, 0.15) is 11.7 Å². The molecule has 8 nitrogen and oxygen atoms in total. The van der Waals surface area contributed by atoms with Crippen LogP contribution in [0.4, 0.5) is 0 Å². The first kappa shape index (κ1) is 25.8. The number of hydrogen-bond acceptors (Lipinski definition) is 7. The quantitative estimate of drug-likeness (QED) is 0.619. The molecule has 0 saturated carbocycles. The second kappa shape index (κ2) is 11.2. The van der Waals surface area contributed by atoms with E-state index in [1.54, 1.807) is 17.2 Å². The van der Waals surface area contributed by atoms with Gasteiger partial charge in [-0.2, -0.15) is 0 Å². The zero-order valence-electron chi connectivity index (χ0n) is 21.7. The van der Waals surface area contributed by atoms with Gasteiger partial charge in [0.2, 0.25) is 12.7 Å². The van der Waals surface area contributed by atoms with Crippen molar-refractivity contribution >= 4 is 5.91 Å². The lowest BCUT2D eigenvalue weighted by Crippen LogP contribution is -2.49. The Morgan fingerprint density at radius 1 is 1.22 bits per heavy atom. The number of hydrogen-bond donors (Lipinski definition) is 1. The van der Waals surface area contributed by atoms with Crippen LogP contribution in [-0.2, 0) is 6.54 Å². The maximum Gasteiger partial charge on any atom is 0.259 e. The zero-order valence-corrected chi connectivity index (χ0v) is 21.7. The van der Waals surface area contributed by atoms with Gasteiger partial charge >= 0.3 is 0 Å². The molecule has 192 valence electrons. The average Bonchev–Trinajstić information content (AvgIpc) is 3.32. The molecule has 0 aliphatic carbocycles. The average molecular weight is 494 g/mol. The van der Waals surface area contributed by atoms with Gasteiger partial charge in [0, 0.05) is 43.2 Å². The van der Waals surface area contributed by atoms with Gasteiger partial charge in [-0.25, -0.2) is 4.98 Å². The maximum absolute atomic E-state index is 13.5. The van der Waals surface area contributed by atoms with Gasteiger partial charge in [0.05, 0.1) is 12.6 Å². The molecule has 36 heavy (non-hydrogen) atoms. The van der Waals surface area contributed by atoms with Crippen LogP contribution in [0.2, 0.25) is 0 Å². The number of likely N-dealkylation sites (N-methyl/N-ethyl adjacent to an activating group) is 1. The Labute approximate surface area is 213 Å². The Morgan fingerprint density at radius 3 is 2.75 bits per heavy atom. The lowest BCUT2D eigenvalue weighted by molar-refractivity contribution is 0.0325. The Hall–Kier alpha value is -3.28. The van der Waals surface area contributed by atoms with Crippen molar-refractivity contribution in [1.82, 2.24) is 14.8 Å². The molecule has 0 spiro atoms. The summed E-state index contributed by atoms with van der Waals surface area (Å²) < 4.78 is 17.3. The number of nitrogens with zero attached hydrogens (tertiary/aromatic N) is 3. The largest absolute Gasteiger partial charge is 0.472 e. The fraction of sp³-hybridized carbons (Fsp3) is 0.500. The van der Waals surface area contributed by atoms with Crippen LogP contribution in [0.3, 0.4) is 0 Å². The van der Waals surface area contributed by atoms with Gasteiger partial charge in [0.15, 0.2) is 11.5 Å². The number of aromatic nitrogens is 1.